The molecular formula is C17H17ClO5S. The zero-order chi connectivity index (χ0) is 17.8. The molecule has 1 heterocycles. The quantitative estimate of drug-likeness (QED) is 0.467. The largest absolute Gasteiger partial charge is 0.506 e. The molecule has 7 heteroatoms. The molecule has 1 fully saturated rings. The van der Waals surface area contributed by atoms with E-state index in [4.69, 9.17) is 11.6 Å². The molecule has 0 radical (unpaired) electrons. The summed E-state index contributed by atoms with van der Waals surface area (Å²) < 4.78 is 23.9. The molecule has 1 aliphatic heterocycles. The maximum absolute atomic E-state index is 12.4. The first-order valence-electron chi connectivity index (χ1n) is 7.70. The van der Waals surface area contributed by atoms with Crippen LogP contribution in [0.3, 0.4) is 0 Å². The van der Waals surface area contributed by atoms with Crippen LogP contribution in [0.25, 0.3) is 5.76 Å². The highest BCUT2D eigenvalue weighted by Crippen LogP contribution is 2.38. The molecule has 5 nitrogen and oxygen atoms in total. The zero-order valence-electron chi connectivity index (χ0n) is 13.3. The fourth-order valence-corrected chi connectivity index (χ4v) is 5.19. The Morgan fingerprint density at radius 1 is 1.25 bits per heavy atom. The Morgan fingerprint density at radius 3 is 2.58 bits per heavy atom. The van der Waals surface area contributed by atoms with E-state index in [1.807, 2.05) is 6.92 Å². The highest BCUT2D eigenvalue weighted by molar-refractivity contribution is 7.91. The van der Waals surface area contributed by atoms with Crippen molar-refractivity contribution in [2.45, 2.75) is 31.6 Å². The number of fused-ring (bicyclic) bond motifs is 1. The maximum atomic E-state index is 12.4. The molecule has 2 aliphatic rings. The summed E-state index contributed by atoms with van der Waals surface area (Å²) in [5.74, 6) is -1.75. The number of aliphatic hydroxyl groups excluding tert-OH is 1. The summed E-state index contributed by atoms with van der Waals surface area (Å²) in [7, 11) is -3.35. The van der Waals surface area contributed by atoms with Gasteiger partial charge in [0, 0.05) is 17.9 Å². The minimum atomic E-state index is -3.35. The number of hydrogen-bond acceptors (Lipinski definition) is 5. The molecule has 0 spiro atoms. The lowest BCUT2D eigenvalue weighted by molar-refractivity contribution is -0.128. The zero-order valence-corrected chi connectivity index (χ0v) is 14.9. The average Bonchev–Trinajstić information content (AvgIpc) is 2.81. The Morgan fingerprint density at radius 2 is 1.92 bits per heavy atom. The molecule has 1 aliphatic carbocycles. The van der Waals surface area contributed by atoms with Gasteiger partial charge in [0.2, 0.25) is 0 Å². The van der Waals surface area contributed by atoms with Crippen molar-refractivity contribution in [1.29, 1.82) is 0 Å². The molecule has 128 valence electrons. The standard InChI is InChI=1S/C17H17ClO5S/c1-8-7-12(19)14(16(20)9(8)2)17(21)11-3-4-13-10(15(11)18)5-6-24(13,22)23/h3-4,8-9,21H,5-7H2,1-2H3. The molecule has 1 aromatic rings. The van der Waals surface area contributed by atoms with Crippen LogP contribution in [0.4, 0.5) is 0 Å². The molecule has 2 unspecified atom stereocenters. The number of carbonyl (C=O) groups excluding carboxylic acids is 2. The number of sulfone groups is 1. The van der Waals surface area contributed by atoms with Crippen molar-refractivity contribution in [2.75, 3.05) is 5.75 Å². The van der Waals surface area contributed by atoms with Crippen molar-refractivity contribution >= 4 is 38.8 Å². The number of aliphatic hydroxyl groups is 1. The van der Waals surface area contributed by atoms with Gasteiger partial charge in [-0.3, -0.25) is 9.59 Å². The van der Waals surface area contributed by atoms with Gasteiger partial charge in [-0.05, 0) is 30.0 Å². The first-order valence-corrected chi connectivity index (χ1v) is 9.73. The molecule has 3 rings (SSSR count). The van der Waals surface area contributed by atoms with Crippen LogP contribution in [0.5, 0.6) is 0 Å². The van der Waals surface area contributed by atoms with Gasteiger partial charge < -0.3 is 5.11 Å². The lowest BCUT2D eigenvalue weighted by atomic mass is 9.76. The molecular weight excluding hydrogens is 352 g/mol. The topological polar surface area (TPSA) is 88.5 Å². The fourth-order valence-electron chi connectivity index (χ4n) is 3.24. The number of hydrogen-bond donors (Lipinski definition) is 1. The number of allylic oxidation sites excluding steroid dienone is 1. The molecule has 1 N–H and O–H groups in total. The number of halogens is 1. The summed E-state index contributed by atoms with van der Waals surface area (Å²) in [5.41, 5.74) is 0.327. The van der Waals surface area contributed by atoms with Crippen molar-refractivity contribution in [3.63, 3.8) is 0 Å². The number of Topliss-reactive ketones (excluding diaryl/α,β-unsaturated/α-hetero) is 2. The van der Waals surface area contributed by atoms with Gasteiger partial charge in [0.25, 0.3) is 0 Å². The Balaban J connectivity index is 2.16. The Kier molecular flexibility index (Phi) is 4.08. The third kappa shape index (κ3) is 2.48. The van der Waals surface area contributed by atoms with Gasteiger partial charge in [0.05, 0.1) is 15.7 Å². The molecule has 1 aromatic carbocycles. The Hall–Kier alpha value is -1.66. The van der Waals surface area contributed by atoms with Crippen molar-refractivity contribution in [1.82, 2.24) is 0 Å². The number of carbonyl (C=O) groups is 2. The predicted molar refractivity (Wildman–Crippen MR) is 89.7 cm³/mol. The van der Waals surface area contributed by atoms with E-state index < -0.39 is 27.2 Å². The van der Waals surface area contributed by atoms with Crippen LogP contribution >= 0.6 is 11.6 Å². The van der Waals surface area contributed by atoms with E-state index in [0.29, 0.717) is 5.56 Å². The minimum absolute atomic E-state index is 0.0325. The van der Waals surface area contributed by atoms with Gasteiger partial charge in [0.1, 0.15) is 11.3 Å². The van der Waals surface area contributed by atoms with E-state index in [9.17, 15) is 23.1 Å². The first kappa shape index (κ1) is 17.2. The van der Waals surface area contributed by atoms with E-state index in [-0.39, 0.29) is 51.5 Å². The summed E-state index contributed by atoms with van der Waals surface area (Å²) in [6.45, 7) is 3.55. The number of ketones is 2. The second-order valence-electron chi connectivity index (χ2n) is 6.45. The van der Waals surface area contributed by atoms with Crippen LogP contribution in [-0.2, 0) is 25.8 Å². The summed E-state index contributed by atoms with van der Waals surface area (Å²) in [6.07, 6.45) is 0.436. The van der Waals surface area contributed by atoms with Gasteiger partial charge >= 0.3 is 0 Å². The van der Waals surface area contributed by atoms with Crippen molar-refractivity contribution < 1.29 is 23.1 Å². The molecule has 0 bridgehead atoms. The average molecular weight is 369 g/mol. The lowest BCUT2D eigenvalue weighted by Gasteiger charge is -2.26. The normalized spacial score (nSPS) is 28.0. The van der Waals surface area contributed by atoms with Gasteiger partial charge in [0.15, 0.2) is 21.4 Å². The van der Waals surface area contributed by atoms with E-state index in [1.165, 1.54) is 12.1 Å². The minimum Gasteiger partial charge on any atom is -0.506 e. The molecule has 1 saturated carbocycles. The fraction of sp³-hybridized carbons (Fsp3) is 0.412. The van der Waals surface area contributed by atoms with Crippen molar-refractivity contribution in [3.05, 3.63) is 33.9 Å². The van der Waals surface area contributed by atoms with Gasteiger partial charge in [-0.1, -0.05) is 25.4 Å². The maximum Gasteiger partial charge on any atom is 0.179 e. The Labute approximate surface area is 145 Å². The van der Waals surface area contributed by atoms with E-state index in [2.05, 4.69) is 0 Å². The highest BCUT2D eigenvalue weighted by Gasteiger charge is 2.38. The molecule has 0 amide bonds. The predicted octanol–water partition coefficient (Wildman–Crippen LogP) is 2.75. The number of benzene rings is 1. The summed E-state index contributed by atoms with van der Waals surface area (Å²) in [5, 5.41) is 10.6. The van der Waals surface area contributed by atoms with E-state index in [1.54, 1.807) is 6.92 Å². The second-order valence-corrected chi connectivity index (χ2v) is 8.91. The van der Waals surface area contributed by atoms with Crippen LogP contribution < -0.4 is 0 Å². The third-order valence-corrected chi connectivity index (χ3v) is 7.17. The van der Waals surface area contributed by atoms with Gasteiger partial charge in [-0.25, -0.2) is 8.42 Å². The van der Waals surface area contributed by atoms with Crippen LogP contribution in [-0.4, -0.2) is 30.8 Å². The molecule has 24 heavy (non-hydrogen) atoms. The molecule has 0 aromatic heterocycles. The number of rotatable bonds is 1. The Bertz CT molecular complexity index is 898. The highest BCUT2D eigenvalue weighted by atomic mass is 35.5. The van der Waals surface area contributed by atoms with Crippen LogP contribution in [0.2, 0.25) is 5.02 Å². The summed E-state index contributed by atoms with van der Waals surface area (Å²) in [6, 6.07) is 2.73. The lowest BCUT2D eigenvalue weighted by Crippen LogP contribution is -2.33. The van der Waals surface area contributed by atoms with Crippen molar-refractivity contribution in [3.8, 4) is 0 Å². The monoisotopic (exact) mass is 368 g/mol. The van der Waals surface area contributed by atoms with Crippen LogP contribution in [0.15, 0.2) is 22.6 Å². The molecule has 0 saturated heterocycles. The van der Waals surface area contributed by atoms with Gasteiger partial charge in [-0.2, -0.15) is 0 Å². The van der Waals surface area contributed by atoms with Crippen LogP contribution in [0.1, 0.15) is 31.4 Å². The molecule has 2 atom stereocenters. The summed E-state index contributed by atoms with van der Waals surface area (Å²) in [4.78, 5) is 24.8. The smallest absolute Gasteiger partial charge is 0.179 e. The third-order valence-electron chi connectivity index (χ3n) is 4.95. The van der Waals surface area contributed by atoms with E-state index >= 15 is 0 Å². The second kappa shape index (κ2) is 5.70. The van der Waals surface area contributed by atoms with Crippen LogP contribution in [0, 0.1) is 11.8 Å². The summed E-state index contributed by atoms with van der Waals surface area (Å²) >= 11 is 6.27. The van der Waals surface area contributed by atoms with Gasteiger partial charge in [-0.15, -0.1) is 0 Å². The van der Waals surface area contributed by atoms with E-state index in [0.717, 1.165) is 0 Å². The first-order chi connectivity index (χ1) is 11.1. The van der Waals surface area contributed by atoms with Crippen molar-refractivity contribution in [2.24, 2.45) is 11.8 Å². The SMILES string of the molecule is CC1CC(=O)C(=C(O)c2ccc3c(c2Cl)CCS3(=O)=O)C(=O)C1C.